The normalized spacial score (nSPS) is 15.5. The van der Waals surface area contributed by atoms with Crippen molar-refractivity contribution in [1.82, 2.24) is 10.2 Å². The van der Waals surface area contributed by atoms with E-state index in [0.717, 1.165) is 15.7 Å². The molecule has 1 fully saturated rings. The summed E-state index contributed by atoms with van der Waals surface area (Å²) >= 11 is 3.20. The molecule has 1 heterocycles. The lowest BCUT2D eigenvalue weighted by Gasteiger charge is -2.18. The van der Waals surface area contributed by atoms with Crippen molar-refractivity contribution in [3.05, 3.63) is 34.8 Å². The van der Waals surface area contributed by atoms with Gasteiger partial charge in [0.1, 0.15) is 5.01 Å². The van der Waals surface area contributed by atoms with E-state index in [4.69, 9.17) is 0 Å². The molecule has 0 bridgehead atoms. The number of rotatable bonds is 5. The van der Waals surface area contributed by atoms with E-state index < -0.39 is 0 Å². The minimum absolute atomic E-state index is 0.104. The molecule has 0 saturated heterocycles. The lowest BCUT2D eigenvalue weighted by molar-refractivity contribution is 0.102. The summed E-state index contributed by atoms with van der Waals surface area (Å²) in [5.41, 5.74) is 0.703. The van der Waals surface area contributed by atoms with Crippen LogP contribution in [0.2, 0.25) is 0 Å². The molecule has 1 aromatic carbocycles. The first-order chi connectivity index (χ1) is 11.3. The lowest BCUT2D eigenvalue weighted by Crippen LogP contribution is -2.12. The summed E-state index contributed by atoms with van der Waals surface area (Å²) in [6.45, 7) is 2.08. The number of nitrogens with zero attached hydrogens (tertiary/aromatic N) is 2. The summed E-state index contributed by atoms with van der Waals surface area (Å²) in [4.78, 5) is 13.5. The van der Waals surface area contributed by atoms with Crippen molar-refractivity contribution in [2.45, 2.75) is 49.8 Å². The Morgan fingerprint density at radius 1 is 1.26 bits per heavy atom. The second-order valence-corrected chi connectivity index (χ2v) is 7.98. The number of nitrogens with one attached hydrogen (secondary N) is 1. The summed E-state index contributed by atoms with van der Waals surface area (Å²) < 4.78 is 0. The van der Waals surface area contributed by atoms with Gasteiger partial charge in [-0.2, -0.15) is 0 Å². The summed E-state index contributed by atoms with van der Waals surface area (Å²) in [5.74, 6) is 1.36. The molecule has 1 saturated carbocycles. The number of aromatic nitrogens is 2. The van der Waals surface area contributed by atoms with Crippen molar-refractivity contribution >= 4 is 34.1 Å². The number of carbonyl (C=O) groups is 1. The van der Waals surface area contributed by atoms with Crippen LogP contribution in [0, 0.1) is 0 Å². The second-order valence-electron chi connectivity index (χ2n) is 5.66. The average Bonchev–Trinajstić information content (AvgIpc) is 3.05. The predicted octanol–water partition coefficient (Wildman–Crippen LogP) is 4.95. The van der Waals surface area contributed by atoms with Gasteiger partial charge in [-0.3, -0.25) is 10.1 Å². The summed E-state index contributed by atoms with van der Waals surface area (Å²) in [5, 5.41) is 13.0. The SMILES string of the molecule is CCSc1ccccc1C(=O)Nc1nnc(C2CCCCC2)s1. The van der Waals surface area contributed by atoms with E-state index in [0.29, 0.717) is 16.6 Å². The average molecular weight is 348 g/mol. The van der Waals surface area contributed by atoms with Crippen LogP contribution in [0.4, 0.5) is 5.13 Å². The molecule has 1 N–H and O–H groups in total. The fourth-order valence-corrected chi connectivity index (χ4v) is 4.61. The third kappa shape index (κ3) is 4.12. The van der Waals surface area contributed by atoms with Gasteiger partial charge in [0.15, 0.2) is 0 Å². The van der Waals surface area contributed by atoms with Crippen LogP contribution in [-0.4, -0.2) is 21.9 Å². The van der Waals surface area contributed by atoms with Crippen LogP contribution in [-0.2, 0) is 0 Å². The molecule has 0 atom stereocenters. The van der Waals surface area contributed by atoms with Crippen molar-refractivity contribution in [1.29, 1.82) is 0 Å². The molecule has 0 radical (unpaired) electrons. The summed E-state index contributed by atoms with van der Waals surface area (Å²) in [7, 11) is 0. The van der Waals surface area contributed by atoms with Gasteiger partial charge in [0, 0.05) is 10.8 Å². The topological polar surface area (TPSA) is 54.9 Å². The molecule has 0 unspecified atom stereocenters. The number of amides is 1. The maximum Gasteiger partial charge on any atom is 0.258 e. The number of anilines is 1. The fourth-order valence-electron chi connectivity index (χ4n) is 2.90. The van der Waals surface area contributed by atoms with E-state index in [2.05, 4.69) is 22.4 Å². The van der Waals surface area contributed by atoms with E-state index in [9.17, 15) is 4.79 Å². The quantitative estimate of drug-likeness (QED) is 0.778. The Kier molecular flexibility index (Phi) is 5.67. The molecule has 23 heavy (non-hydrogen) atoms. The highest BCUT2D eigenvalue weighted by Gasteiger charge is 2.20. The van der Waals surface area contributed by atoms with Crippen molar-refractivity contribution in [3.63, 3.8) is 0 Å². The Hall–Kier alpha value is -1.40. The second kappa shape index (κ2) is 7.93. The lowest BCUT2D eigenvalue weighted by atomic mass is 9.90. The standard InChI is InChI=1S/C17H21N3OS2/c1-2-22-14-11-7-6-10-13(14)15(21)18-17-20-19-16(23-17)12-8-4-3-5-9-12/h6-7,10-12H,2-5,8-9H2,1H3,(H,18,20,21). The number of thioether (sulfide) groups is 1. The zero-order valence-corrected chi connectivity index (χ0v) is 14.9. The van der Waals surface area contributed by atoms with Crippen LogP contribution in [0.15, 0.2) is 29.2 Å². The number of hydrogen-bond acceptors (Lipinski definition) is 5. The highest BCUT2D eigenvalue weighted by atomic mass is 32.2. The molecule has 1 aliphatic carbocycles. The first-order valence-corrected chi connectivity index (χ1v) is 9.94. The Morgan fingerprint density at radius 3 is 2.83 bits per heavy atom. The molecule has 1 aliphatic rings. The van der Waals surface area contributed by atoms with Crippen LogP contribution >= 0.6 is 23.1 Å². The van der Waals surface area contributed by atoms with Gasteiger partial charge in [0.25, 0.3) is 5.91 Å². The van der Waals surface area contributed by atoms with Crippen molar-refractivity contribution < 1.29 is 4.79 Å². The van der Waals surface area contributed by atoms with E-state index in [-0.39, 0.29) is 5.91 Å². The van der Waals surface area contributed by atoms with Crippen LogP contribution < -0.4 is 5.32 Å². The summed E-state index contributed by atoms with van der Waals surface area (Å²) in [6, 6.07) is 7.69. The highest BCUT2D eigenvalue weighted by Crippen LogP contribution is 2.35. The van der Waals surface area contributed by atoms with Crippen LogP contribution in [0.3, 0.4) is 0 Å². The Balaban J connectivity index is 1.70. The Labute approximate surface area is 145 Å². The van der Waals surface area contributed by atoms with Gasteiger partial charge in [-0.25, -0.2) is 0 Å². The highest BCUT2D eigenvalue weighted by molar-refractivity contribution is 7.99. The first kappa shape index (κ1) is 16.5. The molecule has 0 aliphatic heterocycles. The van der Waals surface area contributed by atoms with Gasteiger partial charge in [0.05, 0.1) is 5.56 Å². The number of benzene rings is 1. The van der Waals surface area contributed by atoms with Crippen molar-refractivity contribution in [3.8, 4) is 0 Å². The van der Waals surface area contributed by atoms with Crippen molar-refractivity contribution in [2.24, 2.45) is 0 Å². The molecule has 122 valence electrons. The summed E-state index contributed by atoms with van der Waals surface area (Å²) in [6.07, 6.45) is 6.25. The monoisotopic (exact) mass is 347 g/mol. The zero-order valence-electron chi connectivity index (χ0n) is 13.2. The van der Waals surface area contributed by atoms with Gasteiger partial charge >= 0.3 is 0 Å². The maximum absolute atomic E-state index is 12.5. The Morgan fingerprint density at radius 2 is 2.04 bits per heavy atom. The molecule has 4 nitrogen and oxygen atoms in total. The molecule has 2 aromatic rings. The third-order valence-electron chi connectivity index (χ3n) is 4.05. The van der Waals surface area contributed by atoms with E-state index in [1.54, 1.807) is 11.8 Å². The molecule has 1 amide bonds. The van der Waals surface area contributed by atoms with Gasteiger partial charge < -0.3 is 0 Å². The third-order valence-corrected chi connectivity index (χ3v) is 6.00. The van der Waals surface area contributed by atoms with Crippen LogP contribution in [0.1, 0.15) is 60.3 Å². The number of hydrogen-bond donors (Lipinski definition) is 1. The van der Waals surface area contributed by atoms with E-state index >= 15 is 0 Å². The predicted molar refractivity (Wildman–Crippen MR) is 96.5 cm³/mol. The molecular weight excluding hydrogens is 326 g/mol. The fraction of sp³-hybridized carbons (Fsp3) is 0.471. The molecule has 6 heteroatoms. The van der Waals surface area contributed by atoms with E-state index in [1.807, 2.05) is 24.3 Å². The zero-order chi connectivity index (χ0) is 16.1. The van der Waals surface area contributed by atoms with E-state index in [1.165, 1.54) is 43.4 Å². The van der Waals surface area contributed by atoms with Gasteiger partial charge in [-0.05, 0) is 30.7 Å². The maximum atomic E-state index is 12.5. The number of carbonyl (C=O) groups excluding carboxylic acids is 1. The van der Waals surface area contributed by atoms with Crippen LogP contribution in [0.25, 0.3) is 0 Å². The minimum atomic E-state index is -0.104. The molecule has 1 aromatic heterocycles. The van der Waals surface area contributed by atoms with Gasteiger partial charge in [0.2, 0.25) is 5.13 Å². The molecule has 3 rings (SSSR count). The minimum Gasteiger partial charge on any atom is -0.296 e. The smallest absolute Gasteiger partial charge is 0.258 e. The first-order valence-electron chi connectivity index (χ1n) is 8.14. The molecular formula is C17H21N3OS2. The van der Waals surface area contributed by atoms with Gasteiger partial charge in [-0.15, -0.1) is 22.0 Å². The van der Waals surface area contributed by atoms with Crippen molar-refractivity contribution in [2.75, 3.05) is 11.1 Å². The van der Waals surface area contributed by atoms with Gasteiger partial charge in [-0.1, -0.05) is 49.7 Å². The van der Waals surface area contributed by atoms with Crippen LogP contribution in [0.5, 0.6) is 0 Å². The molecule has 0 spiro atoms. The Bertz CT molecular complexity index is 665. The largest absolute Gasteiger partial charge is 0.296 e.